The van der Waals surface area contributed by atoms with Gasteiger partial charge in [-0.2, -0.15) is 0 Å². The van der Waals surface area contributed by atoms with Gasteiger partial charge < -0.3 is 4.74 Å². The van der Waals surface area contributed by atoms with Crippen LogP contribution in [0.3, 0.4) is 0 Å². The van der Waals surface area contributed by atoms with E-state index >= 15 is 0 Å². The van der Waals surface area contributed by atoms with Gasteiger partial charge in [0.25, 0.3) is 0 Å². The highest BCUT2D eigenvalue weighted by Gasteiger charge is 2.16. The van der Waals surface area contributed by atoms with Crippen LogP contribution < -0.4 is 0 Å². The fourth-order valence-electron chi connectivity index (χ4n) is 0.612. The van der Waals surface area contributed by atoms with Crippen molar-refractivity contribution < 1.29 is 17.9 Å². The van der Waals surface area contributed by atoms with Gasteiger partial charge in [0.1, 0.15) is 4.21 Å². The highest BCUT2D eigenvalue weighted by Crippen LogP contribution is 2.18. The number of nitrogens with zero attached hydrogens (tertiary/aromatic N) is 1. The summed E-state index contributed by atoms with van der Waals surface area (Å²) in [5.41, 5.74) is 0. The maximum atomic E-state index is 11.0. The van der Waals surface area contributed by atoms with Gasteiger partial charge in [-0.15, -0.1) is 0 Å². The summed E-state index contributed by atoms with van der Waals surface area (Å²) in [6, 6.07) is 0. The van der Waals surface area contributed by atoms with Gasteiger partial charge in [-0.05, 0) is 0 Å². The number of esters is 1. The van der Waals surface area contributed by atoms with Crippen LogP contribution in [-0.4, -0.2) is 32.7 Å². The zero-order chi connectivity index (χ0) is 10.1. The van der Waals surface area contributed by atoms with Crippen molar-refractivity contribution in [3.8, 4) is 0 Å². The van der Waals surface area contributed by atoms with Crippen molar-refractivity contribution in [1.82, 2.24) is 4.98 Å². The predicted octanol–water partition coefficient (Wildman–Crippen LogP) is 0.333. The van der Waals surface area contributed by atoms with Crippen LogP contribution in [0, 0.1) is 0 Å². The molecule has 0 N–H and O–H groups in total. The smallest absolute Gasteiger partial charge is 0.367 e. The van der Waals surface area contributed by atoms with Crippen molar-refractivity contribution in [2.45, 2.75) is 4.21 Å². The van der Waals surface area contributed by atoms with Crippen LogP contribution in [0.1, 0.15) is 9.80 Å². The number of ether oxygens (including phenoxy) is 1. The lowest BCUT2D eigenvalue weighted by Gasteiger charge is -1.90. The van der Waals surface area contributed by atoms with Crippen molar-refractivity contribution >= 4 is 27.1 Å². The van der Waals surface area contributed by atoms with Gasteiger partial charge in [0.05, 0.1) is 13.3 Å². The Morgan fingerprint density at radius 2 is 2.23 bits per heavy atom. The number of thiazole rings is 1. The molecule has 1 heterocycles. The molecule has 0 unspecified atom stereocenters. The first-order valence-electron chi connectivity index (χ1n) is 3.19. The number of methoxy groups -OCH3 is 1. The highest BCUT2D eigenvalue weighted by molar-refractivity contribution is 7.92. The van der Waals surface area contributed by atoms with E-state index in [0.29, 0.717) is 0 Å². The minimum atomic E-state index is -3.28. The first-order valence-corrected chi connectivity index (χ1v) is 5.90. The molecule has 13 heavy (non-hydrogen) atoms. The molecule has 5 nitrogen and oxygen atoms in total. The van der Waals surface area contributed by atoms with Crippen LogP contribution in [0.5, 0.6) is 0 Å². The number of carbonyl (C=O) groups is 1. The lowest BCUT2D eigenvalue weighted by molar-refractivity contribution is 0.0600. The van der Waals surface area contributed by atoms with Gasteiger partial charge in [0, 0.05) is 6.26 Å². The molecule has 0 aliphatic carbocycles. The molecule has 0 amide bonds. The van der Waals surface area contributed by atoms with Crippen LogP contribution in [0.4, 0.5) is 0 Å². The molecule has 0 radical (unpaired) electrons. The van der Waals surface area contributed by atoms with Crippen molar-refractivity contribution in [3.05, 3.63) is 11.2 Å². The van der Waals surface area contributed by atoms with Crippen molar-refractivity contribution in [2.75, 3.05) is 13.4 Å². The molecule has 7 heteroatoms. The zero-order valence-corrected chi connectivity index (χ0v) is 8.61. The normalized spacial score (nSPS) is 11.2. The third-order valence-corrected chi connectivity index (χ3v) is 3.98. The molecule has 0 aromatic carbocycles. The number of sulfone groups is 1. The van der Waals surface area contributed by atoms with Gasteiger partial charge in [-0.25, -0.2) is 18.2 Å². The van der Waals surface area contributed by atoms with Gasteiger partial charge in [0.2, 0.25) is 5.01 Å². The van der Waals surface area contributed by atoms with Crippen molar-refractivity contribution in [2.24, 2.45) is 0 Å². The topological polar surface area (TPSA) is 73.3 Å². The van der Waals surface area contributed by atoms with E-state index in [2.05, 4.69) is 9.72 Å². The average molecular weight is 221 g/mol. The van der Waals surface area contributed by atoms with E-state index in [1.165, 1.54) is 7.11 Å². The molecule has 1 aromatic heterocycles. The lowest BCUT2D eigenvalue weighted by atomic mass is 10.7. The van der Waals surface area contributed by atoms with Crippen LogP contribution in [0.2, 0.25) is 0 Å². The Bertz CT molecular complexity index is 420. The fraction of sp³-hybridized carbons (Fsp3) is 0.333. The zero-order valence-electron chi connectivity index (χ0n) is 6.97. The monoisotopic (exact) mass is 221 g/mol. The number of aromatic nitrogens is 1. The first kappa shape index (κ1) is 10.1. The summed E-state index contributed by atoms with van der Waals surface area (Å²) in [5, 5.41) is 0.0444. The van der Waals surface area contributed by atoms with Gasteiger partial charge in [0.15, 0.2) is 9.84 Å². The second kappa shape index (κ2) is 3.43. The Balaban J connectivity index is 3.07. The number of hydrogen-bond donors (Lipinski definition) is 0. The molecule has 0 aliphatic rings. The first-order chi connectivity index (χ1) is 5.95. The maximum absolute atomic E-state index is 11.0. The fourth-order valence-corrected chi connectivity index (χ4v) is 2.27. The quantitative estimate of drug-likeness (QED) is 0.673. The Hall–Kier alpha value is -0.950. The number of hydrogen-bond acceptors (Lipinski definition) is 6. The summed E-state index contributed by atoms with van der Waals surface area (Å²) >= 11 is 0.799. The van der Waals surface area contributed by atoms with Gasteiger partial charge >= 0.3 is 5.97 Å². The van der Waals surface area contributed by atoms with Crippen molar-refractivity contribution in [3.63, 3.8) is 0 Å². The van der Waals surface area contributed by atoms with E-state index < -0.39 is 15.8 Å². The molecule has 0 saturated carbocycles. The standard InChI is InChI=1S/C6H7NO4S2/c1-11-6(8)5-7-3-4(12-5)13(2,9)10/h3H,1-2H3. The summed E-state index contributed by atoms with van der Waals surface area (Å²) in [7, 11) is -2.06. The van der Waals surface area contributed by atoms with E-state index in [4.69, 9.17) is 0 Å². The Labute approximate surface area is 79.3 Å². The summed E-state index contributed by atoms with van der Waals surface area (Å²) in [4.78, 5) is 14.5. The molecule has 72 valence electrons. The number of carbonyl (C=O) groups excluding carboxylic acids is 1. The summed E-state index contributed by atoms with van der Waals surface area (Å²) in [6.07, 6.45) is 2.20. The van der Waals surface area contributed by atoms with Gasteiger partial charge in [-0.3, -0.25) is 0 Å². The third-order valence-electron chi connectivity index (χ3n) is 1.21. The second-order valence-corrected chi connectivity index (χ2v) is 5.52. The summed E-state index contributed by atoms with van der Waals surface area (Å²) < 4.78 is 26.4. The Morgan fingerprint density at radius 3 is 2.62 bits per heavy atom. The largest absolute Gasteiger partial charge is 0.464 e. The van der Waals surface area contributed by atoms with Gasteiger partial charge in [-0.1, -0.05) is 11.3 Å². The van der Waals surface area contributed by atoms with E-state index in [0.717, 1.165) is 23.8 Å². The third kappa shape index (κ3) is 2.25. The molecule has 1 aromatic rings. The van der Waals surface area contributed by atoms with E-state index in [9.17, 15) is 13.2 Å². The van der Waals surface area contributed by atoms with E-state index in [1.807, 2.05) is 0 Å². The maximum Gasteiger partial charge on any atom is 0.367 e. The highest BCUT2D eigenvalue weighted by atomic mass is 32.2. The van der Waals surface area contributed by atoms with Crippen LogP contribution in [0.25, 0.3) is 0 Å². The SMILES string of the molecule is COC(=O)c1ncc(S(C)(=O)=O)s1. The Morgan fingerprint density at radius 1 is 1.62 bits per heavy atom. The van der Waals surface area contributed by atoms with Crippen molar-refractivity contribution in [1.29, 1.82) is 0 Å². The lowest BCUT2D eigenvalue weighted by Crippen LogP contribution is -1.99. The number of rotatable bonds is 2. The molecule has 1 rings (SSSR count). The second-order valence-electron chi connectivity index (χ2n) is 2.25. The minimum absolute atomic E-state index is 0.0444. The van der Waals surface area contributed by atoms with Crippen LogP contribution in [0.15, 0.2) is 10.4 Å². The molecular formula is C6H7NO4S2. The molecule has 0 atom stereocenters. The molecule has 0 bridgehead atoms. The van der Waals surface area contributed by atoms with Crippen LogP contribution >= 0.6 is 11.3 Å². The van der Waals surface area contributed by atoms with E-state index in [-0.39, 0.29) is 9.22 Å². The predicted molar refractivity (Wildman–Crippen MR) is 46.6 cm³/mol. The van der Waals surface area contributed by atoms with E-state index in [1.54, 1.807) is 0 Å². The summed E-state index contributed by atoms with van der Waals surface area (Å²) in [5.74, 6) is -0.625. The van der Waals surface area contributed by atoms with Crippen LogP contribution in [-0.2, 0) is 14.6 Å². The molecule has 0 aliphatic heterocycles. The molecular weight excluding hydrogens is 214 g/mol. The Kier molecular flexibility index (Phi) is 2.67. The molecule has 0 fully saturated rings. The molecule has 0 saturated heterocycles. The average Bonchev–Trinajstić information content (AvgIpc) is 2.50. The summed E-state index contributed by atoms with van der Waals surface area (Å²) in [6.45, 7) is 0. The molecule has 0 spiro atoms. The minimum Gasteiger partial charge on any atom is -0.464 e.